The van der Waals surface area contributed by atoms with Crippen molar-refractivity contribution in [3.63, 3.8) is 0 Å². The summed E-state index contributed by atoms with van der Waals surface area (Å²) in [6, 6.07) is 9.97. The zero-order chi connectivity index (χ0) is 20.3. The Morgan fingerprint density at radius 3 is 2.18 bits per heavy atom. The molecule has 2 N–H and O–H groups in total. The third kappa shape index (κ3) is 5.36. The van der Waals surface area contributed by atoms with Crippen LogP contribution in [0.1, 0.15) is 24.0 Å². The largest absolute Gasteiger partial charge is 0.417 e. The molecule has 4 nitrogen and oxygen atoms in total. The van der Waals surface area contributed by atoms with Gasteiger partial charge in [0, 0.05) is 23.4 Å². The van der Waals surface area contributed by atoms with Gasteiger partial charge < -0.3 is 10.6 Å². The van der Waals surface area contributed by atoms with E-state index in [1.807, 2.05) is 0 Å². The molecule has 0 spiro atoms. The van der Waals surface area contributed by atoms with Crippen LogP contribution < -0.4 is 10.6 Å². The second kappa shape index (κ2) is 8.06. The van der Waals surface area contributed by atoms with Crippen molar-refractivity contribution in [1.82, 2.24) is 0 Å². The van der Waals surface area contributed by atoms with E-state index in [1.165, 1.54) is 12.1 Å². The van der Waals surface area contributed by atoms with Crippen molar-refractivity contribution >= 4 is 40.9 Å². The Hall–Kier alpha value is -2.80. The Labute approximate surface area is 164 Å². The van der Waals surface area contributed by atoms with Crippen molar-refractivity contribution < 1.29 is 22.8 Å². The van der Waals surface area contributed by atoms with Gasteiger partial charge in [-0.2, -0.15) is 13.2 Å². The molecule has 0 heterocycles. The first-order valence-electron chi connectivity index (χ1n) is 8.49. The lowest BCUT2D eigenvalue weighted by Crippen LogP contribution is -2.13. The number of carbonyl (C=O) groups is 2. The Morgan fingerprint density at radius 1 is 1.00 bits per heavy atom. The molecule has 0 atom stereocenters. The van der Waals surface area contributed by atoms with Gasteiger partial charge in [0.2, 0.25) is 11.8 Å². The first-order valence-corrected chi connectivity index (χ1v) is 8.87. The number of halogens is 4. The molecule has 1 saturated carbocycles. The number of hydrogen-bond acceptors (Lipinski definition) is 2. The summed E-state index contributed by atoms with van der Waals surface area (Å²) in [6.45, 7) is 0. The molecule has 0 bridgehead atoms. The number of hydrogen-bond donors (Lipinski definition) is 2. The summed E-state index contributed by atoms with van der Waals surface area (Å²) in [6.07, 6.45) is -0.355. The van der Waals surface area contributed by atoms with Crippen molar-refractivity contribution in [3.8, 4) is 0 Å². The van der Waals surface area contributed by atoms with E-state index in [9.17, 15) is 22.8 Å². The van der Waals surface area contributed by atoms with Crippen molar-refractivity contribution in [2.24, 2.45) is 5.92 Å². The summed E-state index contributed by atoms with van der Waals surface area (Å²) < 4.78 is 38.6. The molecule has 1 aliphatic rings. The van der Waals surface area contributed by atoms with Crippen LogP contribution in [0, 0.1) is 5.92 Å². The molecule has 0 unspecified atom stereocenters. The van der Waals surface area contributed by atoms with Crippen LogP contribution in [0.3, 0.4) is 0 Å². The zero-order valence-corrected chi connectivity index (χ0v) is 15.3. The second-order valence-corrected chi connectivity index (χ2v) is 6.81. The van der Waals surface area contributed by atoms with Gasteiger partial charge in [-0.15, -0.1) is 0 Å². The SMILES string of the molecule is O=C(/C=C/c1ccc(Cl)c(C(F)(F)F)c1)Nc1ccc(NC(=O)C2CC2)cc1. The molecule has 0 saturated heterocycles. The predicted octanol–water partition coefficient (Wildman–Crippen LogP) is 5.36. The highest BCUT2D eigenvalue weighted by atomic mass is 35.5. The van der Waals surface area contributed by atoms with Crippen LogP contribution in [-0.4, -0.2) is 11.8 Å². The van der Waals surface area contributed by atoms with Gasteiger partial charge in [-0.1, -0.05) is 17.7 Å². The maximum Gasteiger partial charge on any atom is 0.417 e. The van der Waals surface area contributed by atoms with E-state index in [4.69, 9.17) is 11.6 Å². The molecule has 1 aliphatic carbocycles. The van der Waals surface area contributed by atoms with Gasteiger partial charge in [-0.25, -0.2) is 0 Å². The Bertz CT molecular complexity index is 920. The molecule has 2 amide bonds. The average molecular weight is 409 g/mol. The maximum atomic E-state index is 12.9. The fraction of sp³-hybridized carbons (Fsp3) is 0.200. The van der Waals surface area contributed by atoms with Crippen molar-refractivity contribution in [2.75, 3.05) is 10.6 Å². The average Bonchev–Trinajstić information content (AvgIpc) is 3.47. The van der Waals surface area contributed by atoms with E-state index in [0.717, 1.165) is 31.1 Å². The van der Waals surface area contributed by atoms with Crippen molar-refractivity contribution in [2.45, 2.75) is 19.0 Å². The predicted molar refractivity (Wildman–Crippen MR) is 102 cm³/mol. The number of anilines is 2. The maximum absolute atomic E-state index is 12.9. The van der Waals surface area contributed by atoms with Gasteiger partial charge in [-0.05, 0) is 60.9 Å². The van der Waals surface area contributed by atoms with E-state index in [-0.39, 0.29) is 17.4 Å². The minimum atomic E-state index is -4.57. The summed E-state index contributed by atoms with van der Waals surface area (Å²) in [5.41, 5.74) is 0.364. The monoisotopic (exact) mass is 408 g/mol. The van der Waals surface area contributed by atoms with Crippen LogP contribution in [-0.2, 0) is 15.8 Å². The highest BCUT2D eigenvalue weighted by molar-refractivity contribution is 6.31. The quantitative estimate of drug-likeness (QED) is 0.654. The number of benzene rings is 2. The summed E-state index contributed by atoms with van der Waals surface area (Å²) >= 11 is 5.57. The molecule has 3 rings (SSSR count). The van der Waals surface area contributed by atoms with Crippen LogP contribution in [0.25, 0.3) is 6.08 Å². The molecule has 0 radical (unpaired) electrons. The number of nitrogens with one attached hydrogen (secondary N) is 2. The Balaban J connectivity index is 1.60. The van der Waals surface area contributed by atoms with Gasteiger partial charge in [0.25, 0.3) is 0 Å². The van der Waals surface area contributed by atoms with E-state index in [0.29, 0.717) is 11.4 Å². The number of rotatable bonds is 5. The van der Waals surface area contributed by atoms with Crippen molar-refractivity contribution in [3.05, 3.63) is 64.7 Å². The number of carbonyl (C=O) groups excluding carboxylic acids is 2. The normalized spacial score (nSPS) is 14.1. The fourth-order valence-corrected chi connectivity index (χ4v) is 2.67. The Morgan fingerprint density at radius 2 is 1.61 bits per heavy atom. The molecule has 2 aromatic carbocycles. The van der Waals surface area contributed by atoms with Gasteiger partial charge in [0.1, 0.15) is 0 Å². The molecular formula is C20H16ClF3N2O2. The molecule has 146 valence electrons. The van der Waals surface area contributed by atoms with Crippen LogP contribution in [0.4, 0.5) is 24.5 Å². The number of amides is 2. The Kier molecular flexibility index (Phi) is 5.74. The standard InChI is InChI=1S/C20H16ClF3N2O2/c21-17-9-1-12(11-16(17)20(22,23)24)2-10-18(27)25-14-5-7-15(8-6-14)26-19(28)13-3-4-13/h1-2,5-11,13H,3-4H2,(H,25,27)(H,26,28)/b10-2+. The third-order valence-corrected chi connectivity index (χ3v) is 4.42. The van der Waals surface area contributed by atoms with Crippen LogP contribution in [0.15, 0.2) is 48.5 Å². The first-order chi connectivity index (χ1) is 13.2. The van der Waals surface area contributed by atoms with Gasteiger partial charge >= 0.3 is 6.18 Å². The highest BCUT2D eigenvalue weighted by Gasteiger charge is 2.33. The molecule has 2 aromatic rings. The minimum Gasteiger partial charge on any atom is -0.326 e. The van der Waals surface area contributed by atoms with E-state index in [1.54, 1.807) is 24.3 Å². The van der Waals surface area contributed by atoms with Gasteiger partial charge in [0.15, 0.2) is 0 Å². The smallest absolute Gasteiger partial charge is 0.326 e. The van der Waals surface area contributed by atoms with E-state index in [2.05, 4.69) is 10.6 Å². The minimum absolute atomic E-state index is 0.0130. The molecule has 0 aliphatic heterocycles. The zero-order valence-electron chi connectivity index (χ0n) is 14.5. The lowest BCUT2D eigenvalue weighted by Gasteiger charge is -2.09. The molecule has 0 aromatic heterocycles. The summed E-state index contributed by atoms with van der Waals surface area (Å²) in [5, 5.41) is 4.98. The molecule has 8 heteroatoms. The first kappa shape index (κ1) is 19.9. The summed E-state index contributed by atoms with van der Waals surface area (Å²) in [7, 11) is 0. The molecular weight excluding hydrogens is 393 g/mol. The van der Waals surface area contributed by atoms with Gasteiger partial charge in [-0.3, -0.25) is 9.59 Å². The van der Waals surface area contributed by atoms with Crippen LogP contribution >= 0.6 is 11.6 Å². The second-order valence-electron chi connectivity index (χ2n) is 6.40. The van der Waals surface area contributed by atoms with E-state index < -0.39 is 22.7 Å². The fourth-order valence-electron chi connectivity index (χ4n) is 2.45. The highest BCUT2D eigenvalue weighted by Crippen LogP contribution is 2.35. The lowest BCUT2D eigenvalue weighted by atomic mass is 10.1. The number of alkyl halides is 3. The van der Waals surface area contributed by atoms with Crippen LogP contribution in [0.2, 0.25) is 5.02 Å². The topological polar surface area (TPSA) is 58.2 Å². The van der Waals surface area contributed by atoms with Crippen LogP contribution in [0.5, 0.6) is 0 Å². The summed E-state index contributed by atoms with van der Waals surface area (Å²) in [4.78, 5) is 23.7. The molecule has 1 fully saturated rings. The molecule has 28 heavy (non-hydrogen) atoms. The van der Waals surface area contributed by atoms with Crippen molar-refractivity contribution in [1.29, 1.82) is 0 Å². The third-order valence-electron chi connectivity index (χ3n) is 4.09. The van der Waals surface area contributed by atoms with Gasteiger partial charge in [0.05, 0.1) is 10.6 Å². The lowest BCUT2D eigenvalue weighted by molar-refractivity contribution is -0.137. The van der Waals surface area contributed by atoms with E-state index >= 15 is 0 Å². The summed E-state index contributed by atoms with van der Waals surface area (Å²) in [5.74, 6) is -0.422.